The highest BCUT2D eigenvalue weighted by molar-refractivity contribution is 7.89. The number of sulfonamides is 1. The van der Waals surface area contributed by atoms with Gasteiger partial charge < -0.3 is 9.16 Å². The molecule has 29 heavy (non-hydrogen) atoms. The number of esters is 1. The second-order valence-electron chi connectivity index (χ2n) is 8.65. The molecule has 10 heteroatoms. The number of halogens is 2. The first kappa shape index (κ1) is 24.6. The number of rotatable bonds is 7. The van der Waals surface area contributed by atoms with Crippen LogP contribution in [0.15, 0.2) is 23.1 Å². The molecule has 0 amide bonds. The lowest BCUT2D eigenvalue weighted by atomic mass is 9.92. The lowest BCUT2D eigenvalue weighted by molar-refractivity contribution is -0.156. The highest BCUT2D eigenvalue weighted by atomic mass is 35.5. The van der Waals surface area contributed by atoms with Gasteiger partial charge in [0.1, 0.15) is 4.90 Å². The molecule has 1 aliphatic rings. The topological polar surface area (TPSA) is 72.9 Å². The third kappa shape index (κ3) is 5.17. The summed E-state index contributed by atoms with van der Waals surface area (Å²) in [5, 5.41) is 0.347. The van der Waals surface area contributed by atoms with Gasteiger partial charge in [-0.25, -0.2) is 8.42 Å². The Morgan fingerprint density at radius 1 is 1.28 bits per heavy atom. The number of benzene rings is 1. The van der Waals surface area contributed by atoms with Gasteiger partial charge in [-0.05, 0) is 43.3 Å². The van der Waals surface area contributed by atoms with Crippen LogP contribution in [0.5, 0.6) is 0 Å². The lowest BCUT2D eigenvalue weighted by Gasteiger charge is -2.47. The van der Waals surface area contributed by atoms with Crippen LogP contribution in [0.2, 0.25) is 28.2 Å². The lowest BCUT2D eigenvalue weighted by Crippen LogP contribution is -2.64. The largest absolute Gasteiger partial charge is 0.466 e. The number of carbonyl (C=O) groups excluding carboxylic acids is 1. The van der Waals surface area contributed by atoms with Gasteiger partial charge in [-0.1, -0.05) is 44.0 Å². The van der Waals surface area contributed by atoms with Crippen LogP contribution in [-0.4, -0.2) is 52.8 Å². The van der Waals surface area contributed by atoms with Crippen LogP contribution in [-0.2, 0) is 24.0 Å². The van der Waals surface area contributed by atoms with Crippen LogP contribution < -0.4 is 0 Å². The minimum absolute atomic E-state index is 0.0334. The molecule has 0 aromatic heterocycles. The second kappa shape index (κ2) is 8.84. The first-order chi connectivity index (χ1) is 13.2. The Balaban J connectivity index is 2.31. The minimum atomic E-state index is -3.91. The van der Waals surface area contributed by atoms with E-state index in [4.69, 9.17) is 32.4 Å². The molecule has 1 fully saturated rings. The van der Waals surface area contributed by atoms with Crippen molar-refractivity contribution >= 4 is 47.5 Å². The number of hydrogen-bond donors (Lipinski definition) is 0. The summed E-state index contributed by atoms with van der Waals surface area (Å²) in [6.07, 6.45) is 0. The Kier molecular flexibility index (Phi) is 7.51. The minimum Gasteiger partial charge on any atom is -0.466 e. The van der Waals surface area contributed by atoms with E-state index in [0.29, 0.717) is 5.02 Å². The molecular weight excluding hydrogens is 453 g/mol. The van der Waals surface area contributed by atoms with E-state index in [1.54, 1.807) is 6.92 Å². The maximum atomic E-state index is 13.2. The van der Waals surface area contributed by atoms with Gasteiger partial charge in [0, 0.05) is 11.6 Å². The zero-order chi connectivity index (χ0) is 22.2. The van der Waals surface area contributed by atoms with Crippen molar-refractivity contribution in [2.24, 2.45) is 5.92 Å². The van der Waals surface area contributed by atoms with Gasteiger partial charge >= 0.3 is 5.97 Å². The van der Waals surface area contributed by atoms with E-state index >= 15 is 0 Å². The van der Waals surface area contributed by atoms with Gasteiger partial charge in [0.15, 0.2) is 8.32 Å². The van der Waals surface area contributed by atoms with Crippen LogP contribution in [0.25, 0.3) is 0 Å². The van der Waals surface area contributed by atoms with E-state index in [-0.39, 0.29) is 34.7 Å². The van der Waals surface area contributed by atoms with Crippen molar-refractivity contribution in [3.8, 4) is 0 Å². The van der Waals surface area contributed by atoms with E-state index in [1.165, 1.54) is 22.5 Å². The Morgan fingerprint density at radius 2 is 1.90 bits per heavy atom. The van der Waals surface area contributed by atoms with Crippen molar-refractivity contribution in [3.63, 3.8) is 0 Å². The fourth-order valence-electron chi connectivity index (χ4n) is 2.79. The average Bonchev–Trinajstić information content (AvgIpc) is 2.52. The molecule has 2 unspecified atom stereocenters. The summed E-state index contributed by atoms with van der Waals surface area (Å²) in [6, 6.07) is 3.60. The summed E-state index contributed by atoms with van der Waals surface area (Å²) in [6.45, 7) is 12.6. The van der Waals surface area contributed by atoms with Crippen molar-refractivity contribution in [2.45, 2.75) is 56.8 Å². The van der Waals surface area contributed by atoms with Crippen LogP contribution in [0.3, 0.4) is 0 Å². The molecule has 2 atom stereocenters. The molecule has 1 heterocycles. The molecule has 1 saturated heterocycles. The predicted molar refractivity (Wildman–Crippen MR) is 117 cm³/mol. The zero-order valence-corrected chi connectivity index (χ0v) is 21.0. The summed E-state index contributed by atoms with van der Waals surface area (Å²) in [5.74, 6) is -0.981. The van der Waals surface area contributed by atoms with Gasteiger partial charge in [-0.3, -0.25) is 4.79 Å². The molecule has 0 radical (unpaired) electrons. The number of ether oxygens (including phenoxy) is 1. The molecule has 0 spiro atoms. The summed E-state index contributed by atoms with van der Waals surface area (Å²) in [7, 11) is -6.05. The first-order valence-electron chi connectivity index (χ1n) is 9.50. The van der Waals surface area contributed by atoms with Crippen LogP contribution in [0, 0.1) is 5.92 Å². The number of hydrogen-bond acceptors (Lipinski definition) is 5. The maximum Gasteiger partial charge on any atom is 0.312 e. The Morgan fingerprint density at radius 3 is 2.41 bits per heavy atom. The second-order valence-corrected chi connectivity index (χ2v) is 16.2. The van der Waals surface area contributed by atoms with Crippen LogP contribution in [0.1, 0.15) is 27.7 Å². The number of carbonyl (C=O) groups is 1. The molecule has 164 valence electrons. The third-order valence-corrected chi connectivity index (χ3v) is 12.8. The van der Waals surface area contributed by atoms with E-state index in [0.717, 1.165) is 0 Å². The quantitative estimate of drug-likeness (QED) is 0.421. The van der Waals surface area contributed by atoms with E-state index in [2.05, 4.69) is 33.9 Å². The highest BCUT2D eigenvalue weighted by Gasteiger charge is 2.52. The standard InChI is InChI=1S/C19H29Cl2NO5SSi/c1-7-26-18(23)14-11-22(16(14)12-27-29(5,6)19(2,3)4)28(24,25)17-9-8-13(20)10-15(17)21/h8-10,14,16H,7,11-12H2,1-6H3. The maximum absolute atomic E-state index is 13.2. The van der Waals surface area contributed by atoms with Crippen molar-refractivity contribution in [1.29, 1.82) is 0 Å². The van der Waals surface area contributed by atoms with Crippen molar-refractivity contribution < 1.29 is 22.4 Å². The monoisotopic (exact) mass is 481 g/mol. The van der Waals surface area contributed by atoms with E-state index < -0.39 is 36.3 Å². The summed E-state index contributed by atoms with van der Waals surface area (Å²) in [5.41, 5.74) is 0. The normalized spacial score (nSPS) is 21.0. The molecule has 0 bridgehead atoms. The van der Waals surface area contributed by atoms with Gasteiger partial charge in [0.25, 0.3) is 0 Å². The Hall–Kier alpha value is -0.643. The summed E-state index contributed by atoms with van der Waals surface area (Å²) < 4.78 is 39.1. The van der Waals surface area contributed by atoms with Crippen molar-refractivity contribution in [3.05, 3.63) is 28.2 Å². The molecular formula is C19H29Cl2NO5SSi. The van der Waals surface area contributed by atoms with Crippen molar-refractivity contribution in [2.75, 3.05) is 19.8 Å². The van der Waals surface area contributed by atoms with Crippen molar-refractivity contribution in [1.82, 2.24) is 4.31 Å². The molecule has 1 aromatic rings. The first-order valence-corrected chi connectivity index (χ1v) is 14.6. The molecule has 0 saturated carbocycles. The van der Waals surface area contributed by atoms with E-state index in [9.17, 15) is 13.2 Å². The fourth-order valence-corrected chi connectivity index (χ4v) is 6.23. The molecule has 0 aliphatic carbocycles. The molecule has 0 N–H and O–H groups in total. The SMILES string of the molecule is CCOC(=O)C1CN(S(=O)(=O)c2ccc(Cl)cc2Cl)C1CO[Si](C)(C)C(C)(C)C. The molecule has 6 nitrogen and oxygen atoms in total. The van der Waals surface area contributed by atoms with Crippen LogP contribution >= 0.6 is 23.2 Å². The highest BCUT2D eigenvalue weighted by Crippen LogP contribution is 2.40. The summed E-state index contributed by atoms with van der Waals surface area (Å²) in [4.78, 5) is 12.3. The van der Waals surface area contributed by atoms with Gasteiger partial charge in [0.2, 0.25) is 10.0 Å². The Bertz CT molecular complexity index is 870. The van der Waals surface area contributed by atoms with E-state index in [1.807, 2.05) is 0 Å². The van der Waals surface area contributed by atoms with Gasteiger partial charge in [-0.15, -0.1) is 0 Å². The molecule has 1 aliphatic heterocycles. The molecule has 1 aromatic carbocycles. The predicted octanol–water partition coefficient (Wildman–Crippen LogP) is 4.57. The average molecular weight is 483 g/mol. The smallest absolute Gasteiger partial charge is 0.312 e. The van der Waals surface area contributed by atoms with Crippen LogP contribution in [0.4, 0.5) is 0 Å². The third-order valence-electron chi connectivity index (χ3n) is 5.70. The molecule has 2 rings (SSSR count). The zero-order valence-electron chi connectivity index (χ0n) is 17.7. The number of nitrogens with zero attached hydrogens (tertiary/aromatic N) is 1. The summed E-state index contributed by atoms with van der Waals surface area (Å²) >= 11 is 12.0. The Labute approximate surface area is 184 Å². The fraction of sp³-hybridized carbons (Fsp3) is 0.632. The van der Waals surface area contributed by atoms with Gasteiger partial charge in [0.05, 0.1) is 30.2 Å². The van der Waals surface area contributed by atoms with Gasteiger partial charge in [-0.2, -0.15) is 4.31 Å².